The zero-order chi connectivity index (χ0) is 11.9. The van der Waals surface area contributed by atoms with E-state index in [2.05, 4.69) is 29.4 Å². The number of benzene rings is 1. The summed E-state index contributed by atoms with van der Waals surface area (Å²) in [5.41, 5.74) is 3.18. The average Bonchev–Trinajstić information content (AvgIpc) is 2.40. The molecule has 1 N–H and O–H groups in total. The lowest BCUT2D eigenvalue weighted by Crippen LogP contribution is -2.08. The van der Waals surface area contributed by atoms with Crippen molar-refractivity contribution in [1.29, 1.82) is 0 Å². The molecule has 0 atom stereocenters. The Balaban J connectivity index is 2.07. The fourth-order valence-corrected chi connectivity index (χ4v) is 2.05. The van der Waals surface area contributed by atoms with E-state index in [-0.39, 0.29) is 0 Å². The molecule has 0 aliphatic heterocycles. The Bertz CT molecular complexity index is 443. The summed E-state index contributed by atoms with van der Waals surface area (Å²) < 4.78 is 0. The maximum absolute atomic E-state index is 8.90. The van der Waals surface area contributed by atoms with Crippen LogP contribution in [0.15, 0.2) is 53.2 Å². The van der Waals surface area contributed by atoms with Gasteiger partial charge >= 0.3 is 0 Å². The number of hydrogen-bond donors (Lipinski definition) is 1. The van der Waals surface area contributed by atoms with Gasteiger partial charge in [-0.15, -0.1) is 0 Å². The molecule has 0 spiro atoms. The lowest BCUT2D eigenvalue weighted by molar-refractivity contribution is 0.316. The number of hydrogen-bond acceptors (Lipinski definition) is 2. The van der Waals surface area contributed by atoms with E-state index in [0.29, 0.717) is 0 Å². The second kappa shape index (κ2) is 6.04. The van der Waals surface area contributed by atoms with Crippen molar-refractivity contribution in [1.82, 2.24) is 0 Å². The standard InChI is InChI=1S/C15H17NO/c17-16-15-12-5-4-10-14(15)11-6-9-13-7-2-1-3-8-13/h1-3,6-9,11,17H,4-5,10,12H2/b9-6+,14-11+,16-15-. The smallest absolute Gasteiger partial charge is 0.0827 e. The van der Waals surface area contributed by atoms with Gasteiger partial charge in [0.15, 0.2) is 0 Å². The molecular weight excluding hydrogens is 210 g/mol. The topological polar surface area (TPSA) is 32.6 Å². The van der Waals surface area contributed by atoms with Crippen molar-refractivity contribution in [2.45, 2.75) is 25.7 Å². The van der Waals surface area contributed by atoms with Gasteiger partial charge in [0, 0.05) is 0 Å². The van der Waals surface area contributed by atoms with Gasteiger partial charge in [-0.1, -0.05) is 53.7 Å². The molecule has 1 aliphatic carbocycles. The maximum atomic E-state index is 8.90. The molecule has 17 heavy (non-hydrogen) atoms. The van der Waals surface area contributed by atoms with Gasteiger partial charge in [0.2, 0.25) is 0 Å². The highest BCUT2D eigenvalue weighted by atomic mass is 16.4. The number of oxime groups is 1. The van der Waals surface area contributed by atoms with Crippen molar-refractivity contribution in [2.24, 2.45) is 5.16 Å². The highest BCUT2D eigenvalue weighted by Gasteiger charge is 2.12. The summed E-state index contributed by atoms with van der Waals surface area (Å²) in [5, 5.41) is 12.3. The van der Waals surface area contributed by atoms with Gasteiger partial charge in [0.05, 0.1) is 5.71 Å². The Morgan fingerprint density at radius 2 is 1.82 bits per heavy atom. The normalized spacial score (nSPS) is 21.4. The Kier molecular flexibility index (Phi) is 4.14. The fraction of sp³-hybridized carbons (Fsp3) is 0.267. The molecule has 0 radical (unpaired) electrons. The predicted octanol–water partition coefficient (Wildman–Crippen LogP) is 4.03. The van der Waals surface area contributed by atoms with Crippen LogP contribution in [0.5, 0.6) is 0 Å². The van der Waals surface area contributed by atoms with Gasteiger partial charge in [0.25, 0.3) is 0 Å². The molecule has 88 valence electrons. The first-order chi connectivity index (χ1) is 8.40. The van der Waals surface area contributed by atoms with Crippen molar-refractivity contribution in [3.63, 3.8) is 0 Å². The number of nitrogens with zero attached hydrogens (tertiary/aromatic N) is 1. The van der Waals surface area contributed by atoms with Crippen LogP contribution >= 0.6 is 0 Å². The zero-order valence-corrected chi connectivity index (χ0v) is 9.84. The molecule has 0 bridgehead atoms. The molecule has 0 unspecified atom stereocenters. The minimum absolute atomic E-state index is 0.842. The molecule has 1 fully saturated rings. The molecule has 2 rings (SSSR count). The second-order valence-corrected chi connectivity index (χ2v) is 4.22. The zero-order valence-electron chi connectivity index (χ0n) is 9.84. The molecule has 2 heteroatoms. The lowest BCUT2D eigenvalue weighted by Gasteiger charge is -2.14. The minimum atomic E-state index is 0.842. The van der Waals surface area contributed by atoms with E-state index >= 15 is 0 Å². The third kappa shape index (κ3) is 3.31. The second-order valence-electron chi connectivity index (χ2n) is 4.22. The lowest BCUT2D eigenvalue weighted by atomic mass is 9.92. The summed E-state index contributed by atoms with van der Waals surface area (Å²) in [6, 6.07) is 10.2. The van der Waals surface area contributed by atoms with Crippen LogP contribution in [-0.4, -0.2) is 10.9 Å². The fourth-order valence-electron chi connectivity index (χ4n) is 2.05. The Labute approximate surface area is 102 Å². The Morgan fingerprint density at radius 1 is 1.06 bits per heavy atom. The molecule has 1 aliphatic rings. The maximum Gasteiger partial charge on any atom is 0.0827 e. The van der Waals surface area contributed by atoms with Crippen molar-refractivity contribution in [2.75, 3.05) is 0 Å². The van der Waals surface area contributed by atoms with Gasteiger partial charge in [-0.05, 0) is 36.8 Å². The van der Waals surface area contributed by atoms with E-state index in [9.17, 15) is 0 Å². The van der Waals surface area contributed by atoms with Crippen molar-refractivity contribution < 1.29 is 5.21 Å². The minimum Gasteiger partial charge on any atom is -0.411 e. The van der Waals surface area contributed by atoms with Crippen LogP contribution in [0.4, 0.5) is 0 Å². The van der Waals surface area contributed by atoms with E-state index in [1.807, 2.05) is 24.3 Å². The largest absolute Gasteiger partial charge is 0.411 e. The number of rotatable bonds is 2. The number of allylic oxidation sites excluding steroid dienone is 3. The molecule has 1 aromatic rings. The predicted molar refractivity (Wildman–Crippen MR) is 71.2 cm³/mol. The van der Waals surface area contributed by atoms with Gasteiger partial charge in [0.1, 0.15) is 0 Å². The van der Waals surface area contributed by atoms with E-state index in [4.69, 9.17) is 5.21 Å². The average molecular weight is 227 g/mol. The third-order valence-electron chi connectivity index (χ3n) is 2.99. The molecule has 1 saturated carbocycles. The van der Waals surface area contributed by atoms with Gasteiger partial charge in [-0.3, -0.25) is 0 Å². The van der Waals surface area contributed by atoms with Crippen molar-refractivity contribution in [3.05, 3.63) is 53.6 Å². The third-order valence-corrected chi connectivity index (χ3v) is 2.99. The SMILES string of the molecule is O/N=C1/CCCC/C1=C\C=C\c1ccccc1. The summed E-state index contributed by atoms with van der Waals surface area (Å²) in [6.07, 6.45) is 10.4. The highest BCUT2D eigenvalue weighted by Crippen LogP contribution is 2.21. The van der Waals surface area contributed by atoms with Gasteiger partial charge in [-0.2, -0.15) is 0 Å². The van der Waals surface area contributed by atoms with Crippen LogP contribution in [0.1, 0.15) is 31.2 Å². The Hall–Kier alpha value is -1.83. The van der Waals surface area contributed by atoms with Gasteiger partial charge < -0.3 is 5.21 Å². The molecular formula is C15H17NO. The molecule has 0 aromatic heterocycles. The molecule has 2 nitrogen and oxygen atoms in total. The van der Waals surface area contributed by atoms with Crippen molar-refractivity contribution in [3.8, 4) is 0 Å². The van der Waals surface area contributed by atoms with E-state index < -0.39 is 0 Å². The van der Waals surface area contributed by atoms with E-state index in [1.165, 1.54) is 12.0 Å². The monoisotopic (exact) mass is 227 g/mol. The first-order valence-corrected chi connectivity index (χ1v) is 6.04. The first-order valence-electron chi connectivity index (χ1n) is 6.04. The summed E-state index contributed by atoms with van der Waals surface area (Å²) in [6.45, 7) is 0. The summed E-state index contributed by atoms with van der Waals surface area (Å²) >= 11 is 0. The van der Waals surface area contributed by atoms with Crippen LogP contribution in [-0.2, 0) is 0 Å². The highest BCUT2D eigenvalue weighted by molar-refractivity contribution is 6.00. The molecule has 0 heterocycles. The molecule has 0 saturated heterocycles. The quantitative estimate of drug-likeness (QED) is 0.600. The Morgan fingerprint density at radius 3 is 2.59 bits per heavy atom. The van der Waals surface area contributed by atoms with Crippen molar-refractivity contribution >= 4 is 11.8 Å². The van der Waals surface area contributed by atoms with Crippen LogP contribution < -0.4 is 0 Å². The van der Waals surface area contributed by atoms with E-state index in [0.717, 1.165) is 30.5 Å². The summed E-state index contributed by atoms with van der Waals surface area (Å²) in [7, 11) is 0. The first kappa shape index (κ1) is 11.6. The molecule has 0 amide bonds. The van der Waals surface area contributed by atoms with Crippen LogP contribution in [0.25, 0.3) is 6.08 Å². The van der Waals surface area contributed by atoms with E-state index in [1.54, 1.807) is 0 Å². The summed E-state index contributed by atoms with van der Waals surface area (Å²) in [5.74, 6) is 0. The van der Waals surface area contributed by atoms with Crippen LogP contribution in [0.3, 0.4) is 0 Å². The van der Waals surface area contributed by atoms with Gasteiger partial charge in [-0.25, -0.2) is 0 Å². The van der Waals surface area contributed by atoms with Crippen LogP contribution in [0.2, 0.25) is 0 Å². The van der Waals surface area contributed by atoms with Crippen LogP contribution in [0, 0.1) is 0 Å². The summed E-state index contributed by atoms with van der Waals surface area (Å²) in [4.78, 5) is 0. The molecule has 1 aromatic carbocycles.